The predicted molar refractivity (Wildman–Crippen MR) is 100.0 cm³/mol. The maximum Gasteiger partial charge on any atom is 0.341 e. The SMILES string of the molecule is CCOC(=O)c1cnc2nc(C)ccc2c1Nc1ccccc1C(C)=O. The topological polar surface area (TPSA) is 81.2 Å². The summed E-state index contributed by atoms with van der Waals surface area (Å²) in [6.45, 7) is 5.38. The number of hydrogen-bond donors (Lipinski definition) is 1. The molecule has 0 aliphatic rings. The maximum atomic E-state index is 12.4. The van der Waals surface area contributed by atoms with Gasteiger partial charge in [-0.1, -0.05) is 12.1 Å². The summed E-state index contributed by atoms with van der Waals surface area (Å²) in [7, 11) is 0. The van der Waals surface area contributed by atoms with Gasteiger partial charge in [-0.25, -0.2) is 14.8 Å². The van der Waals surface area contributed by atoms with Crippen LogP contribution >= 0.6 is 0 Å². The van der Waals surface area contributed by atoms with E-state index >= 15 is 0 Å². The normalized spacial score (nSPS) is 10.6. The Morgan fingerprint density at radius 3 is 2.62 bits per heavy atom. The molecule has 0 saturated heterocycles. The third-order valence-electron chi connectivity index (χ3n) is 3.93. The largest absolute Gasteiger partial charge is 0.462 e. The van der Waals surface area contributed by atoms with E-state index in [9.17, 15) is 9.59 Å². The van der Waals surface area contributed by atoms with Crippen molar-refractivity contribution in [3.63, 3.8) is 0 Å². The lowest BCUT2D eigenvalue weighted by Gasteiger charge is -2.15. The quantitative estimate of drug-likeness (QED) is 0.552. The molecule has 6 nitrogen and oxygen atoms in total. The Morgan fingerprint density at radius 2 is 1.88 bits per heavy atom. The Kier molecular flexibility index (Phi) is 4.93. The molecule has 1 N–H and O–H groups in total. The minimum Gasteiger partial charge on any atom is -0.462 e. The second-order valence-corrected chi connectivity index (χ2v) is 5.82. The van der Waals surface area contributed by atoms with E-state index in [0.29, 0.717) is 33.5 Å². The Hall–Kier alpha value is -3.28. The monoisotopic (exact) mass is 349 g/mol. The standard InChI is InChI=1S/C20H19N3O3/c1-4-26-20(25)16-11-21-19-15(10-9-12(2)22-19)18(16)23-17-8-6-5-7-14(17)13(3)24/h5-11H,4H2,1-3H3,(H,21,22,23). The van der Waals surface area contributed by atoms with Crippen molar-refractivity contribution in [3.05, 3.63) is 59.4 Å². The van der Waals surface area contributed by atoms with Crippen LogP contribution in [0.2, 0.25) is 0 Å². The molecule has 0 fully saturated rings. The summed E-state index contributed by atoms with van der Waals surface area (Å²) in [6.07, 6.45) is 1.45. The van der Waals surface area contributed by atoms with Gasteiger partial charge >= 0.3 is 5.97 Å². The first-order valence-electron chi connectivity index (χ1n) is 8.31. The van der Waals surface area contributed by atoms with Crippen molar-refractivity contribution in [1.29, 1.82) is 0 Å². The molecular formula is C20H19N3O3. The molecule has 0 aliphatic carbocycles. The van der Waals surface area contributed by atoms with Crippen molar-refractivity contribution >= 4 is 34.2 Å². The first-order valence-corrected chi connectivity index (χ1v) is 8.31. The van der Waals surface area contributed by atoms with Gasteiger partial charge < -0.3 is 10.1 Å². The van der Waals surface area contributed by atoms with E-state index in [1.807, 2.05) is 25.1 Å². The number of ketones is 1. The number of anilines is 2. The van der Waals surface area contributed by atoms with Crippen LogP contribution in [0.4, 0.5) is 11.4 Å². The number of ether oxygens (including phenoxy) is 1. The molecule has 2 heterocycles. The Labute approximate surface area is 151 Å². The van der Waals surface area contributed by atoms with Gasteiger partial charge in [0, 0.05) is 28.5 Å². The van der Waals surface area contributed by atoms with Gasteiger partial charge in [0.2, 0.25) is 0 Å². The summed E-state index contributed by atoms with van der Waals surface area (Å²) in [4.78, 5) is 33.0. The minimum absolute atomic E-state index is 0.0712. The van der Waals surface area contributed by atoms with Gasteiger partial charge in [0.1, 0.15) is 5.56 Å². The third-order valence-corrected chi connectivity index (χ3v) is 3.93. The summed E-state index contributed by atoms with van der Waals surface area (Å²) in [5.74, 6) is -0.552. The third kappa shape index (κ3) is 3.39. The Balaban J connectivity index is 2.20. The number of Topliss-reactive ketones (excluding diaryl/α,β-unsaturated/α-hetero) is 1. The molecule has 26 heavy (non-hydrogen) atoms. The zero-order valence-electron chi connectivity index (χ0n) is 14.9. The average Bonchev–Trinajstić information content (AvgIpc) is 2.62. The number of aromatic nitrogens is 2. The molecule has 0 spiro atoms. The summed E-state index contributed by atoms with van der Waals surface area (Å²) in [5, 5.41) is 3.90. The van der Waals surface area contributed by atoms with Crippen LogP contribution < -0.4 is 5.32 Å². The van der Waals surface area contributed by atoms with Crippen LogP contribution in [-0.4, -0.2) is 28.3 Å². The Morgan fingerprint density at radius 1 is 1.12 bits per heavy atom. The van der Waals surface area contributed by atoms with Crippen molar-refractivity contribution in [1.82, 2.24) is 9.97 Å². The van der Waals surface area contributed by atoms with Gasteiger partial charge in [0.05, 0.1) is 12.3 Å². The molecule has 0 amide bonds. The number of benzene rings is 1. The smallest absolute Gasteiger partial charge is 0.341 e. The van der Waals surface area contributed by atoms with E-state index in [4.69, 9.17) is 4.74 Å². The number of rotatable bonds is 5. The van der Waals surface area contributed by atoms with Crippen LogP contribution in [0, 0.1) is 6.92 Å². The number of hydrogen-bond acceptors (Lipinski definition) is 6. The second kappa shape index (κ2) is 7.31. The highest BCUT2D eigenvalue weighted by Gasteiger charge is 2.19. The molecule has 2 aromatic heterocycles. The predicted octanol–water partition coefficient (Wildman–Crippen LogP) is 4.06. The molecule has 0 unspecified atom stereocenters. The highest BCUT2D eigenvalue weighted by Crippen LogP contribution is 2.30. The number of para-hydroxylation sites is 1. The van der Waals surface area contributed by atoms with E-state index in [1.165, 1.54) is 13.1 Å². The molecule has 0 radical (unpaired) electrons. The first kappa shape index (κ1) is 17.5. The molecule has 3 rings (SSSR count). The lowest BCUT2D eigenvalue weighted by atomic mass is 10.1. The van der Waals surface area contributed by atoms with Crippen molar-refractivity contribution in [2.75, 3.05) is 11.9 Å². The summed E-state index contributed by atoms with van der Waals surface area (Å²) in [6, 6.07) is 10.8. The minimum atomic E-state index is -0.481. The molecule has 0 bridgehead atoms. The van der Waals surface area contributed by atoms with Crippen molar-refractivity contribution < 1.29 is 14.3 Å². The number of aryl methyl sites for hydroxylation is 1. The molecular weight excluding hydrogens is 330 g/mol. The van der Waals surface area contributed by atoms with Gasteiger partial charge in [-0.3, -0.25) is 4.79 Å². The lowest BCUT2D eigenvalue weighted by Crippen LogP contribution is -2.10. The number of carbonyl (C=O) groups is 2. The van der Waals surface area contributed by atoms with E-state index in [1.54, 1.807) is 25.1 Å². The maximum absolute atomic E-state index is 12.4. The first-order chi connectivity index (χ1) is 12.5. The van der Waals surface area contributed by atoms with Crippen molar-refractivity contribution in [3.8, 4) is 0 Å². The van der Waals surface area contributed by atoms with Gasteiger partial charge in [0.15, 0.2) is 11.4 Å². The van der Waals surface area contributed by atoms with E-state index in [-0.39, 0.29) is 12.4 Å². The van der Waals surface area contributed by atoms with E-state index in [2.05, 4.69) is 15.3 Å². The molecule has 1 aromatic carbocycles. The fraction of sp³-hybridized carbons (Fsp3) is 0.200. The van der Waals surface area contributed by atoms with Gasteiger partial charge in [0.25, 0.3) is 0 Å². The lowest BCUT2D eigenvalue weighted by molar-refractivity contribution is 0.0527. The molecule has 0 saturated carbocycles. The number of nitrogens with one attached hydrogen (secondary N) is 1. The Bertz CT molecular complexity index is 999. The molecule has 132 valence electrons. The highest BCUT2D eigenvalue weighted by atomic mass is 16.5. The zero-order chi connectivity index (χ0) is 18.7. The summed E-state index contributed by atoms with van der Waals surface area (Å²) >= 11 is 0. The van der Waals surface area contributed by atoms with Crippen molar-refractivity contribution in [2.45, 2.75) is 20.8 Å². The fourth-order valence-electron chi connectivity index (χ4n) is 2.70. The number of fused-ring (bicyclic) bond motifs is 1. The van der Waals surface area contributed by atoms with Crippen LogP contribution in [0.5, 0.6) is 0 Å². The van der Waals surface area contributed by atoms with Crippen LogP contribution in [0.1, 0.15) is 40.3 Å². The van der Waals surface area contributed by atoms with Crippen LogP contribution in [0.25, 0.3) is 11.0 Å². The van der Waals surface area contributed by atoms with Gasteiger partial charge in [-0.15, -0.1) is 0 Å². The number of pyridine rings is 2. The van der Waals surface area contributed by atoms with Gasteiger partial charge in [-0.05, 0) is 45.0 Å². The summed E-state index contributed by atoms with van der Waals surface area (Å²) < 4.78 is 5.15. The fourth-order valence-corrected chi connectivity index (χ4v) is 2.70. The van der Waals surface area contributed by atoms with Crippen molar-refractivity contribution in [2.24, 2.45) is 0 Å². The molecule has 6 heteroatoms. The van der Waals surface area contributed by atoms with E-state index in [0.717, 1.165) is 5.69 Å². The molecule has 0 atom stereocenters. The second-order valence-electron chi connectivity index (χ2n) is 5.82. The molecule has 3 aromatic rings. The summed E-state index contributed by atoms with van der Waals surface area (Å²) in [5.41, 5.74) is 3.30. The van der Waals surface area contributed by atoms with E-state index < -0.39 is 5.97 Å². The zero-order valence-corrected chi connectivity index (χ0v) is 14.9. The van der Waals surface area contributed by atoms with Crippen LogP contribution in [0.3, 0.4) is 0 Å². The highest BCUT2D eigenvalue weighted by molar-refractivity contribution is 6.07. The molecule has 0 aliphatic heterocycles. The number of esters is 1. The number of nitrogens with zero attached hydrogens (tertiary/aromatic N) is 2. The number of carbonyl (C=O) groups excluding carboxylic acids is 2. The van der Waals surface area contributed by atoms with Gasteiger partial charge in [-0.2, -0.15) is 0 Å². The van der Waals surface area contributed by atoms with Crippen LogP contribution in [-0.2, 0) is 4.74 Å². The average molecular weight is 349 g/mol. The van der Waals surface area contributed by atoms with Crippen LogP contribution in [0.15, 0.2) is 42.6 Å².